The van der Waals surface area contributed by atoms with Crippen molar-refractivity contribution in [3.05, 3.63) is 23.0 Å². The molecular weight excluding hydrogens is 255 g/mol. The number of esters is 2. The fourth-order valence-corrected chi connectivity index (χ4v) is 1.26. The van der Waals surface area contributed by atoms with Crippen molar-refractivity contribution in [3.8, 4) is 0 Å². The molecule has 0 aromatic carbocycles. The summed E-state index contributed by atoms with van der Waals surface area (Å²) in [5.41, 5.74) is -0.483. The predicted octanol–water partition coefficient (Wildman–Crippen LogP) is 0.699. The van der Waals surface area contributed by atoms with E-state index in [0.717, 1.165) is 20.4 Å². The molecule has 1 aromatic heterocycles. The molecule has 0 aliphatic carbocycles. The summed E-state index contributed by atoms with van der Waals surface area (Å²) >= 11 is 5.46. The number of rotatable bonds is 3. The number of methoxy groups -OCH3 is 2. The molecule has 0 fully saturated rings. The monoisotopic (exact) mass is 262 g/mol. The number of ether oxygens (including phenoxy) is 2. The van der Waals surface area contributed by atoms with Gasteiger partial charge in [-0.3, -0.25) is 9.59 Å². The minimum Gasteiger partial charge on any atom is -0.468 e. The van der Waals surface area contributed by atoms with Crippen LogP contribution in [0.5, 0.6) is 0 Å². The Balaban J connectivity index is 3.26. The topological polar surface area (TPSA) is 78.4 Å². The van der Waals surface area contributed by atoms with E-state index in [4.69, 9.17) is 11.6 Å². The minimum atomic E-state index is -1.62. The SMILES string of the molecule is COC(=O)C(C(=O)OC)c1nc(Cl)ncc1F. The van der Waals surface area contributed by atoms with Gasteiger partial charge in [0.2, 0.25) is 5.28 Å². The zero-order valence-electron chi connectivity index (χ0n) is 8.94. The molecule has 1 heterocycles. The molecule has 17 heavy (non-hydrogen) atoms. The maximum absolute atomic E-state index is 13.4. The van der Waals surface area contributed by atoms with Gasteiger partial charge >= 0.3 is 11.9 Å². The van der Waals surface area contributed by atoms with E-state index >= 15 is 0 Å². The van der Waals surface area contributed by atoms with Crippen LogP contribution in [0.3, 0.4) is 0 Å². The largest absolute Gasteiger partial charge is 0.468 e. The molecule has 0 unspecified atom stereocenters. The molecule has 0 bridgehead atoms. The Bertz CT molecular complexity index is 439. The van der Waals surface area contributed by atoms with Crippen molar-refractivity contribution < 1.29 is 23.5 Å². The van der Waals surface area contributed by atoms with Crippen LogP contribution in [-0.4, -0.2) is 36.1 Å². The molecule has 0 N–H and O–H groups in total. The quantitative estimate of drug-likeness (QED) is 0.453. The van der Waals surface area contributed by atoms with E-state index < -0.39 is 29.4 Å². The van der Waals surface area contributed by atoms with Crippen LogP contribution in [0.4, 0.5) is 4.39 Å². The number of nitrogens with zero attached hydrogens (tertiary/aromatic N) is 2. The van der Waals surface area contributed by atoms with E-state index in [1.807, 2.05) is 0 Å². The summed E-state index contributed by atoms with van der Waals surface area (Å²) in [6.07, 6.45) is 0.754. The molecule has 0 saturated carbocycles. The number of aromatic nitrogens is 2. The lowest BCUT2D eigenvalue weighted by atomic mass is 10.1. The van der Waals surface area contributed by atoms with Gasteiger partial charge in [0, 0.05) is 0 Å². The van der Waals surface area contributed by atoms with Crippen molar-refractivity contribution in [1.29, 1.82) is 0 Å². The number of carbonyl (C=O) groups excluding carboxylic acids is 2. The summed E-state index contributed by atoms with van der Waals surface area (Å²) in [6.45, 7) is 0. The first-order chi connectivity index (χ1) is 8.01. The first-order valence-electron chi connectivity index (χ1n) is 4.34. The van der Waals surface area contributed by atoms with E-state index in [0.29, 0.717) is 0 Å². The van der Waals surface area contributed by atoms with Gasteiger partial charge in [0.1, 0.15) is 5.69 Å². The van der Waals surface area contributed by atoms with Gasteiger partial charge in [0.15, 0.2) is 11.7 Å². The van der Waals surface area contributed by atoms with Crippen LogP contribution in [0.15, 0.2) is 6.20 Å². The first-order valence-corrected chi connectivity index (χ1v) is 4.72. The van der Waals surface area contributed by atoms with E-state index in [-0.39, 0.29) is 5.28 Å². The second kappa shape index (κ2) is 5.53. The van der Waals surface area contributed by atoms with E-state index in [1.165, 1.54) is 0 Å². The van der Waals surface area contributed by atoms with Gasteiger partial charge in [-0.2, -0.15) is 0 Å². The third kappa shape index (κ3) is 2.88. The van der Waals surface area contributed by atoms with E-state index in [9.17, 15) is 14.0 Å². The number of hydrogen-bond donors (Lipinski definition) is 0. The van der Waals surface area contributed by atoms with Crippen LogP contribution >= 0.6 is 11.6 Å². The highest BCUT2D eigenvalue weighted by Gasteiger charge is 2.34. The van der Waals surface area contributed by atoms with Crippen molar-refractivity contribution in [2.75, 3.05) is 14.2 Å². The number of carbonyl (C=O) groups is 2. The summed E-state index contributed by atoms with van der Waals surface area (Å²) in [6, 6.07) is 0. The second-order valence-corrected chi connectivity index (χ2v) is 3.19. The first kappa shape index (κ1) is 13.3. The van der Waals surface area contributed by atoms with Gasteiger partial charge in [-0.25, -0.2) is 14.4 Å². The molecule has 92 valence electrons. The summed E-state index contributed by atoms with van der Waals surface area (Å²) in [7, 11) is 2.11. The van der Waals surface area contributed by atoms with Crippen molar-refractivity contribution in [3.63, 3.8) is 0 Å². The fraction of sp³-hybridized carbons (Fsp3) is 0.333. The fourth-order valence-electron chi connectivity index (χ4n) is 1.12. The molecule has 0 saturated heterocycles. The Morgan fingerprint density at radius 1 is 1.35 bits per heavy atom. The normalized spacial score (nSPS) is 10.2. The summed E-state index contributed by atoms with van der Waals surface area (Å²) in [5.74, 6) is -4.56. The van der Waals surface area contributed by atoms with Gasteiger partial charge in [-0.05, 0) is 11.6 Å². The highest BCUT2D eigenvalue weighted by atomic mass is 35.5. The molecule has 8 heteroatoms. The van der Waals surface area contributed by atoms with Gasteiger partial charge in [0.25, 0.3) is 0 Å². The zero-order chi connectivity index (χ0) is 13.0. The third-order valence-corrected chi connectivity index (χ3v) is 2.07. The Hall–Kier alpha value is -1.76. The number of halogens is 2. The van der Waals surface area contributed by atoms with Crippen molar-refractivity contribution in [2.24, 2.45) is 0 Å². The van der Waals surface area contributed by atoms with Crippen LogP contribution in [0, 0.1) is 5.82 Å². The lowest BCUT2D eigenvalue weighted by Crippen LogP contribution is -2.26. The molecule has 0 aliphatic rings. The maximum atomic E-state index is 13.4. The van der Waals surface area contributed by atoms with Gasteiger partial charge < -0.3 is 9.47 Å². The second-order valence-electron chi connectivity index (χ2n) is 2.85. The van der Waals surface area contributed by atoms with Crippen LogP contribution in [-0.2, 0) is 19.1 Å². The van der Waals surface area contributed by atoms with E-state index in [1.54, 1.807) is 0 Å². The predicted molar refractivity (Wildman–Crippen MR) is 53.8 cm³/mol. The Kier molecular flexibility index (Phi) is 4.33. The Morgan fingerprint density at radius 3 is 2.35 bits per heavy atom. The third-order valence-electron chi connectivity index (χ3n) is 1.89. The average Bonchev–Trinajstić information content (AvgIpc) is 2.33. The molecule has 0 aliphatic heterocycles. The van der Waals surface area contributed by atoms with Gasteiger partial charge in [0.05, 0.1) is 20.4 Å². The van der Waals surface area contributed by atoms with Crippen LogP contribution < -0.4 is 0 Å². The smallest absolute Gasteiger partial charge is 0.326 e. The zero-order valence-corrected chi connectivity index (χ0v) is 9.69. The molecule has 0 radical (unpaired) electrons. The molecule has 1 rings (SSSR count). The van der Waals surface area contributed by atoms with Crippen molar-refractivity contribution in [1.82, 2.24) is 9.97 Å². The molecule has 0 atom stereocenters. The van der Waals surface area contributed by atoms with Gasteiger partial charge in [-0.15, -0.1) is 0 Å². The molecule has 0 amide bonds. The van der Waals surface area contributed by atoms with Crippen LogP contribution in [0.1, 0.15) is 11.6 Å². The number of hydrogen-bond acceptors (Lipinski definition) is 6. The lowest BCUT2D eigenvalue weighted by molar-refractivity contribution is -0.154. The standard InChI is InChI=1S/C9H8ClFN2O4/c1-16-7(14)5(8(15)17-2)6-4(11)3-12-9(10)13-6/h3,5H,1-2H3. The maximum Gasteiger partial charge on any atom is 0.326 e. The highest BCUT2D eigenvalue weighted by molar-refractivity contribution is 6.28. The van der Waals surface area contributed by atoms with Crippen LogP contribution in [0.2, 0.25) is 5.28 Å². The van der Waals surface area contributed by atoms with Crippen LogP contribution in [0.25, 0.3) is 0 Å². The Labute approximate surface area is 101 Å². The van der Waals surface area contributed by atoms with Crippen molar-refractivity contribution >= 4 is 23.5 Å². The highest BCUT2D eigenvalue weighted by Crippen LogP contribution is 2.20. The molecular formula is C9H8ClFN2O4. The molecule has 0 spiro atoms. The lowest BCUT2D eigenvalue weighted by Gasteiger charge is -2.12. The molecule has 6 nitrogen and oxygen atoms in total. The van der Waals surface area contributed by atoms with Gasteiger partial charge in [-0.1, -0.05) is 0 Å². The summed E-state index contributed by atoms with van der Waals surface area (Å²) in [4.78, 5) is 29.6. The van der Waals surface area contributed by atoms with E-state index in [2.05, 4.69) is 19.4 Å². The summed E-state index contributed by atoms with van der Waals surface area (Å²) in [5, 5.41) is -0.292. The summed E-state index contributed by atoms with van der Waals surface area (Å²) < 4.78 is 22.2. The average molecular weight is 263 g/mol. The minimum absolute atomic E-state index is 0.292. The van der Waals surface area contributed by atoms with Crippen molar-refractivity contribution in [2.45, 2.75) is 5.92 Å². The Morgan fingerprint density at radius 2 is 1.88 bits per heavy atom. The molecule has 1 aromatic rings.